The molecule has 1 unspecified atom stereocenters. The molecule has 1 aliphatic rings. The molecule has 154 valence electrons. The van der Waals surface area contributed by atoms with Gasteiger partial charge in [0.15, 0.2) is 0 Å². The molecule has 2 aromatic rings. The molecule has 1 amide bonds. The van der Waals surface area contributed by atoms with Gasteiger partial charge >= 0.3 is 6.09 Å². The average molecular weight is 395 g/mol. The number of amides is 1. The first-order chi connectivity index (χ1) is 14.2. The summed E-state index contributed by atoms with van der Waals surface area (Å²) in [7, 11) is 0. The maximum absolute atomic E-state index is 12.3. The Kier molecular flexibility index (Phi) is 9.49. The normalized spacial score (nSPS) is 15.3. The van der Waals surface area contributed by atoms with Crippen LogP contribution in [0.15, 0.2) is 48.5 Å². The van der Waals surface area contributed by atoms with Gasteiger partial charge in [-0.3, -0.25) is 4.79 Å². The van der Waals surface area contributed by atoms with E-state index in [9.17, 15) is 4.79 Å². The zero-order valence-electron chi connectivity index (χ0n) is 16.8. The van der Waals surface area contributed by atoms with Crippen LogP contribution in [0.1, 0.15) is 61.0 Å². The molecule has 1 aliphatic carbocycles. The Morgan fingerprint density at radius 3 is 2.48 bits per heavy atom. The Morgan fingerprint density at radius 1 is 1.07 bits per heavy atom. The number of benzene rings is 2. The van der Waals surface area contributed by atoms with Gasteiger partial charge in [0.05, 0.1) is 0 Å². The lowest BCUT2D eigenvalue weighted by atomic mass is 9.91. The number of carboxylic acid groups (broad SMARTS) is 1. The monoisotopic (exact) mass is 395 g/mol. The summed E-state index contributed by atoms with van der Waals surface area (Å²) in [5.41, 5.74) is 4.52. The van der Waals surface area contributed by atoms with Gasteiger partial charge < -0.3 is 15.2 Å². The summed E-state index contributed by atoms with van der Waals surface area (Å²) < 4.78 is 5.83. The predicted octanol–water partition coefficient (Wildman–Crippen LogP) is 5.46. The summed E-state index contributed by atoms with van der Waals surface area (Å²) in [6.45, 7) is 2.60. The highest BCUT2D eigenvalue weighted by Crippen LogP contribution is 2.31. The largest absolute Gasteiger partial charge is 0.483 e. The van der Waals surface area contributed by atoms with Gasteiger partial charge in [0.1, 0.15) is 6.10 Å². The third-order valence-corrected chi connectivity index (χ3v) is 4.79. The van der Waals surface area contributed by atoms with Crippen molar-refractivity contribution in [1.82, 2.24) is 5.32 Å². The summed E-state index contributed by atoms with van der Waals surface area (Å²) in [5.74, 6) is 0. The SMILES string of the molecule is CCCCCCNC(=O)OC1Cc2ccccc2/C=C\c2ccccc21.O=CO. The van der Waals surface area contributed by atoms with E-state index in [1.165, 1.54) is 24.0 Å². The van der Waals surface area contributed by atoms with Crippen molar-refractivity contribution in [3.05, 3.63) is 70.8 Å². The summed E-state index contributed by atoms with van der Waals surface area (Å²) >= 11 is 0. The molecular weight excluding hydrogens is 366 g/mol. The van der Waals surface area contributed by atoms with Gasteiger partial charge in [-0.05, 0) is 23.1 Å². The van der Waals surface area contributed by atoms with Gasteiger partial charge in [-0.25, -0.2) is 4.79 Å². The van der Waals surface area contributed by atoms with Crippen molar-refractivity contribution in [3.8, 4) is 0 Å². The Balaban J connectivity index is 0.000000941. The first-order valence-corrected chi connectivity index (χ1v) is 10.1. The van der Waals surface area contributed by atoms with E-state index in [0.29, 0.717) is 13.0 Å². The first-order valence-electron chi connectivity index (χ1n) is 10.1. The molecule has 0 aliphatic heterocycles. The van der Waals surface area contributed by atoms with Crippen LogP contribution in [-0.4, -0.2) is 24.2 Å². The Hall–Kier alpha value is -3.08. The maximum atomic E-state index is 12.3. The minimum absolute atomic E-state index is 0.250. The molecule has 0 bridgehead atoms. The molecule has 2 N–H and O–H groups in total. The van der Waals surface area contributed by atoms with Gasteiger partial charge in [0.2, 0.25) is 0 Å². The molecule has 5 nitrogen and oxygen atoms in total. The highest BCUT2D eigenvalue weighted by atomic mass is 16.6. The van der Waals surface area contributed by atoms with Crippen LogP contribution < -0.4 is 5.32 Å². The van der Waals surface area contributed by atoms with E-state index in [0.717, 1.165) is 24.0 Å². The van der Waals surface area contributed by atoms with Gasteiger partial charge in [-0.15, -0.1) is 0 Å². The Labute approximate surface area is 172 Å². The number of carbonyl (C=O) groups excluding carboxylic acids is 1. The number of unbranched alkanes of at least 4 members (excludes halogenated alkanes) is 3. The standard InChI is InChI=1S/C23H27NO2.CH2O2/c1-2-3-4-9-16-24-23(25)26-22-17-20-12-6-5-10-18(20)14-15-19-11-7-8-13-21(19)22;2-1-3/h5-8,10-15,22H,2-4,9,16-17H2,1H3,(H,24,25);1H,(H,2,3)/b15-14-;. The van der Waals surface area contributed by atoms with Crippen molar-refractivity contribution in [3.63, 3.8) is 0 Å². The van der Waals surface area contributed by atoms with Crippen molar-refractivity contribution in [1.29, 1.82) is 0 Å². The molecule has 5 heteroatoms. The van der Waals surface area contributed by atoms with E-state index in [1.54, 1.807) is 0 Å². The number of rotatable bonds is 6. The van der Waals surface area contributed by atoms with Crippen LogP contribution in [0, 0.1) is 0 Å². The highest BCUT2D eigenvalue weighted by molar-refractivity contribution is 5.74. The molecule has 29 heavy (non-hydrogen) atoms. The molecule has 0 saturated carbocycles. The van der Waals surface area contributed by atoms with Crippen LogP contribution in [0.4, 0.5) is 4.79 Å². The number of fused-ring (bicyclic) bond motifs is 2. The number of alkyl carbamates (subject to hydrolysis) is 1. The minimum atomic E-state index is -0.330. The van der Waals surface area contributed by atoms with E-state index in [1.807, 2.05) is 30.3 Å². The lowest BCUT2D eigenvalue weighted by Crippen LogP contribution is -2.28. The molecule has 2 aromatic carbocycles. The lowest BCUT2D eigenvalue weighted by Gasteiger charge is -2.23. The number of hydrogen-bond acceptors (Lipinski definition) is 3. The van der Waals surface area contributed by atoms with E-state index in [2.05, 4.69) is 42.6 Å². The van der Waals surface area contributed by atoms with Gasteiger partial charge in [-0.2, -0.15) is 0 Å². The molecule has 0 aromatic heterocycles. The molecule has 3 rings (SSSR count). The average Bonchev–Trinajstić information content (AvgIpc) is 2.72. The molecule has 0 heterocycles. The number of carbonyl (C=O) groups is 2. The van der Waals surface area contributed by atoms with Gasteiger partial charge in [0, 0.05) is 18.5 Å². The zero-order chi connectivity index (χ0) is 20.9. The topological polar surface area (TPSA) is 75.6 Å². The summed E-state index contributed by atoms with van der Waals surface area (Å²) in [4.78, 5) is 20.7. The molecule has 0 fully saturated rings. The van der Waals surface area contributed by atoms with E-state index >= 15 is 0 Å². The van der Waals surface area contributed by atoms with Gasteiger partial charge in [-0.1, -0.05) is 86.9 Å². The van der Waals surface area contributed by atoms with Crippen LogP contribution in [0.25, 0.3) is 12.2 Å². The number of nitrogens with one attached hydrogen (secondary N) is 1. The van der Waals surface area contributed by atoms with Crippen molar-refractivity contribution < 1.29 is 19.4 Å². The molecule has 1 atom stereocenters. The third-order valence-electron chi connectivity index (χ3n) is 4.79. The molecular formula is C24H29NO4. The Bertz CT molecular complexity index is 816. The predicted molar refractivity (Wildman–Crippen MR) is 116 cm³/mol. The summed E-state index contributed by atoms with van der Waals surface area (Å²) in [5, 5.41) is 9.79. The minimum Gasteiger partial charge on any atom is -0.483 e. The first kappa shape index (κ1) is 22.2. The number of ether oxygens (including phenoxy) is 1. The zero-order valence-corrected chi connectivity index (χ0v) is 16.8. The Morgan fingerprint density at radius 2 is 1.72 bits per heavy atom. The van der Waals surface area contributed by atoms with Crippen molar-refractivity contribution >= 4 is 24.7 Å². The fourth-order valence-corrected chi connectivity index (χ4v) is 3.35. The number of hydrogen-bond donors (Lipinski definition) is 2. The molecule has 0 saturated heterocycles. The fraction of sp³-hybridized carbons (Fsp3) is 0.333. The molecule has 0 spiro atoms. The van der Waals surface area contributed by atoms with E-state index in [-0.39, 0.29) is 18.7 Å². The van der Waals surface area contributed by atoms with Crippen molar-refractivity contribution in [2.75, 3.05) is 6.54 Å². The summed E-state index contributed by atoms with van der Waals surface area (Å²) in [6.07, 6.45) is 8.84. The van der Waals surface area contributed by atoms with E-state index < -0.39 is 0 Å². The second-order valence-electron chi connectivity index (χ2n) is 6.85. The van der Waals surface area contributed by atoms with Crippen LogP contribution in [0.3, 0.4) is 0 Å². The van der Waals surface area contributed by atoms with Crippen LogP contribution >= 0.6 is 0 Å². The van der Waals surface area contributed by atoms with Crippen molar-refractivity contribution in [2.45, 2.75) is 45.1 Å². The second kappa shape index (κ2) is 12.4. The van der Waals surface area contributed by atoms with Crippen LogP contribution in [-0.2, 0) is 16.0 Å². The highest BCUT2D eigenvalue weighted by Gasteiger charge is 2.21. The fourth-order valence-electron chi connectivity index (χ4n) is 3.35. The van der Waals surface area contributed by atoms with E-state index in [4.69, 9.17) is 14.6 Å². The van der Waals surface area contributed by atoms with Crippen LogP contribution in [0.5, 0.6) is 0 Å². The smallest absolute Gasteiger partial charge is 0.407 e. The maximum Gasteiger partial charge on any atom is 0.407 e. The third kappa shape index (κ3) is 7.11. The van der Waals surface area contributed by atoms with Crippen LogP contribution in [0.2, 0.25) is 0 Å². The van der Waals surface area contributed by atoms with Gasteiger partial charge in [0.25, 0.3) is 6.47 Å². The summed E-state index contributed by atoms with van der Waals surface area (Å²) in [6, 6.07) is 16.4. The quantitative estimate of drug-likeness (QED) is 0.503. The lowest BCUT2D eigenvalue weighted by molar-refractivity contribution is -0.122. The second-order valence-corrected chi connectivity index (χ2v) is 6.85. The van der Waals surface area contributed by atoms with Crippen molar-refractivity contribution in [2.24, 2.45) is 0 Å². The molecule has 0 radical (unpaired) electrons.